The van der Waals surface area contributed by atoms with E-state index in [4.69, 9.17) is 15.3 Å². The predicted octanol–water partition coefficient (Wildman–Crippen LogP) is 1.08. The van der Waals surface area contributed by atoms with E-state index < -0.39 is 4.92 Å². The third-order valence-electron chi connectivity index (χ3n) is 2.87. The molecule has 0 saturated heterocycles. The molecule has 0 saturated carbocycles. The van der Waals surface area contributed by atoms with E-state index in [0.29, 0.717) is 13.2 Å². The molecule has 0 spiro atoms. The number of ether oxygens (including phenoxy) is 1. The van der Waals surface area contributed by atoms with Gasteiger partial charge in [-0.05, 0) is 0 Å². The van der Waals surface area contributed by atoms with E-state index in [0.717, 1.165) is 0 Å². The van der Waals surface area contributed by atoms with Gasteiger partial charge >= 0.3 is 5.69 Å². The van der Waals surface area contributed by atoms with Gasteiger partial charge in [-0.2, -0.15) is 10.5 Å². The van der Waals surface area contributed by atoms with Gasteiger partial charge in [0.1, 0.15) is 6.33 Å². The van der Waals surface area contributed by atoms with Gasteiger partial charge < -0.3 is 15.0 Å². The van der Waals surface area contributed by atoms with Crippen LogP contribution in [0.1, 0.15) is 12.8 Å². The Morgan fingerprint density at radius 3 is 2.52 bits per heavy atom. The molecule has 10 nitrogen and oxygen atoms in total. The van der Waals surface area contributed by atoms with Crippen molar-refractivity contribution >= 4 is 17.3 Å². The Labute approximate surface area is 133 Å². The lowest BCUT2D eigenvalue weighted by Crippen LogP contribution is -2.27. The van der Waals surface area contributed by atoms with Crippen molar-refractivity contribution in [3.63, 3.8) is 0 Å². The Hall–Kier alpha value is -2.98. The normalized spacial score (nSPS) is 9.70. The number of nitrogens with zero attached hydrogens (tertiary/aromatic N) is 6. The number of aromatic nitrogens is 2. The Bertz CT molecular complexity index is 591. The van der Waals surface area contributed by atoms with Gasteiger partial charge in [-0.25, -0.2) is 9.97 Å². The topological polar surface area (TPSA) is 141 Å². The molecule has 0 unspecified atom stereocenters. The summed E-state index contributed by atoms with van der Waals surface area (Å²) in [6.45, 7) is 1.20. The molecule has 0 amide bonds. The highest BCUT2D eigenvalue weighted by Gasteiger charge is 2.26. The van der Waals surface area contributed by atoms with Crippen molar-refractivity contribution in [3.05, 3.63) is 16.4 Å². The van der Waals surface area contributed by atoms with Gasteiger partial charge in [-0.1, -0.05) is 0 Å². The van der Waals surface area contributed by atoms with Crippen LogP contribution in [0.25, 0.3) is 0 Å². The smallest absolute Gasteiger partial charge is 0.353 e. The van der Waals surface area contributed by atoms with E-state index in [1.807, 2.05) is 12.1 Å². The Balaban J connectivity index is 3.14. The highest BCUT2D eigenvalue weighted by molar-refractivity contribution is 5.70. The minimum absolute atomic E-state index is 0.0796. The first-order valence-corrected chi connectivity index (χ1v) is 6.86. The van der Waals surface area contributed by atoms with Crippen LogP contribution in [0.15, 0.2) is 6.33 Å². The second-order valence-corrected chi connectivity index (χ2v) is 4.37. The summed E-state index contributed by atoms with van der Waals surface area (Å²) in [4.78, 5) is 20.3. The molecule has 1 N–H and O–H groups in total. The SMILES string of the molecule is COCCNc1ncnc(N(CCC#N)CCC#N)c1[N+](=O)[O-]. The monoisotopic (exact) mass is 319 g/mol. The summed E-state index contributed by atoms with van der Waals surface area (Å²) in [6, 6.07) is 3.96. The van der Waals surface area contributed by atoms with Gasteiger partial charge in [-0.15, -0.1) is 0 Å². The molecular formula is C13H17N7O3. The maximum atomic E-state index is 11.4. The van der Waals surface area contributed by atoms with Gasteiger partial charge in [0, 0.05) is 26.7 Å². The number of hydrogen-bond donors (Lipinski definition) is 1. The van der Waals surface area contributed by atoms with Crippen molar-refractivity contribution in [2.24, 2.45) is 0 Å². The summed E-state index contributed by atoms with van der Waals surface area (Å²) in [7, 11) is 1.52. The molecular weight excluding hydrogens is 302 g/mol. The number of nitrogens with one attached hydrogen (secondary N) is 1. The summed E-state index contributed by atoms with van der Waals surface area (Å²) in [5, 5.41) is 31.7. The second-order valence-electron chi connectivity index (χ2n) is 4.37. The summed E-state index contributed by atoms with van der Waals surface area (Å²) in [5.74, 6) is 0.173. The van der Waals surface area contributed by atoms with Gasteiger partial charge in [0.15, 0.2) is 0 Å². The average Bonchev–Trinajstić information content (AvgIpc) is 2.55. The molecule has 1 heterocycles. The van der Waals surface area contributed by atoms with E-state index in [9.17, 15) is 10.1 Å². The molecule has 122 valence electrons. The molecule has 1 aromatic heterocycles. The number of rotatable bonds is 10. The fourth-order valence-corrected chi connectivity index (χ4v) is 1.86. The predicted molar refractivity (Wildman–Crippen MR) is 81.7 cm³/mol. The van der Waals surface area contributed by atoms with Gasteiger partial charge in [0.2, 0.25) is 11.6 Å². The zero-order valence-electron chi connectivity index (χ0n) is 12.7. The maximum Gasteiger partial charge on any atom is 0.353 e. The van der Waals surface area contributed by atoms with Gasteiger partial charge in [-0.3, -0.25) is 10.1 Å². The molecule has 10 heteroatoms. The van der Waals surface area contributed by atoms with Crippen molar-refractivity contribution in [2.75, 3.05) is 43.6 Å². The molecule has 1 aromatic rings. The maximum absolute atomic E-state index is 11.4. The molecule has 0 fully saturated rings. The van der Waals surface area contributed by atoms with Crippen molar-refractivity contribution in [1.29, 1.82) is 10.5 Å². The fraction of sp³-hybridized carbons (Fsp3) is 0.538. The van der Waals surface area contributed by atoms with E-state index >= 15 is 0 Å². The third-order valence-corrected chi connectivity index (χ3v) is 2.87. The first-order valence-electron chi connectivity index (χ1n) is 6.86. The molecule has 0 radical (unpaired) electrons. The van der Waals surface area contributed by atoms with Crippen LogP contribution >= 0.6 is 0 Å². The van der Waals surface area contributed by atoms with Gasteiger partial charge in [0.05, 0.1) is 36.5 Å². The summed E-state index contributed by atoms with van der Waals surface area (Å²) in [6.07, 6.45) is 1.54. The molecule has 1 rings (SSSR count). The van der Waals surface area contributed by atoms with E-state index in [2.05, 4.69) is 15.3 Å². The molecule has 0 bridgehead atoms. The van der Waals surface area contributed by atoms with Crippen molar-refractivity contribution in [2.45, 2.75) is 12.8 Å². The van der Waals surface area contributed by atoms with Crippen molar-refractivity contribution in [3.8, 4) is 12.1 Å². The number of nitriles is 2. The Kier molecular flexibility index (Phi) is 7.75. The Morgan fingerprint density at radius 1 is 1.35 bits per heavy atom. The largest absolute Gasteiger partial charge is 0.383 e. The van der Waals surface area contributed by atoms with Crippen LogP contribution in [-0.2, 0) is 4.74 Å². The minimum Gasteiger partial charge on any atom is -0.383 e. The highest BCUT2D eigenvalue weighted by atomic mass is 16.6. The highest BCUT2D eigenvalue weighted by Crippen LogP contribution is 2.31. The molecule has 0 aromatic carbocycles. The van der Waals surface area contributed by atoms with Gasteiger partial charge in [0.25, 0.3) is 0 Å². The van der Waals surface area contributed by atoms with Crippen LogP contribution in [0.4, 0.5) is 17.3 Å². The zero-order chi connectivity index (χ0) is 17.1. The first-order chi connectivity index (χ1) is 11.2. The number of anilines is 2. The number of hydrogen-bond acceptors (Lipinski definition) is 9. The molecule has 0 aliphatic heterocycles. The summed E-state index contributed by atoms with van der Waals surface area (Å²) >= 11 is 0. The van der Waals surface area contributed by atoms with Crippen LogP contribution in [0.3, 0.4) is 0 Å². The molecule has 0 aliphatic carbocycles. The van der Waals surface area contributed by atoms with Crippen LogP contribution < -0.4 is 10.2 Å². The lowest BCUT2D eigenvalue weighted by Gasteiger charge is -2.21. The standard InChI is InChI=1S/C13H17N7O3/c1-23-9-6-16-12-11(20(21)22)13(18-10-17-12)19(7-2-4-14)8-3-5-15/h10H,2-3,6-9H2,1H3,(H,16,17,18). The van der Waals surface area contributed by atoms with Crippen LogP contribution in [0.5, 0.6) is 0 Å². The summed E-state index contributed by atoms with van der Waals surface area (Å²) in [5.41, 5.74) is -0.278. The minimum atomic E-state index is -0.573. The second kappa shape index (κ2) is 9.87. The third kappa shape index (κ3) is 5.37. The van der Waals surface area contributed by atoms with Crippen LogP contribution in [0, 0.1) is 32.8 Å². The summed E-state index contributed by atoms with van der Waals surface area (Å²) < 4.78 is 4.89. The quantitative estimate of drug-likeness (QED) is 0.380. The van der Waals surface area contributed by atoms with E-state index in [1.54, 1.807) is 4.90 Å². The van der Waals surface area contributed by atoms with Crippen LogP contribution in [0.2, 0.25) is 0 Å². The average molecular weight is 319 g/mol. The molecule has 23 heavy (non-hydrogen) atoms. The van der Waals surface area contributed by atoms with Crippen LogP contribution in [-0.4, -0.2) is 48.2 Å². The first kappa shape index (κ1) is 18.1. The number of nitro groups is 1. The fourth-order valence-electron chi connectivity index (χ4n) is 1.86. The lowest BCUT2D eigenvalue weighted by molar-refractivity contribution is -0.383. The van der Waals surface area contributed by atoms with Crippen molar-refractivity contribution in [1.82, 2.24) is 9.97 Å². The van der Waals surface area contributed by atoms with Crippen molar-refractivity contribution < 1.29 is 9.66 Å². The van der Waals surface area contributed by atoms with E-state index in [-0.39, 0.29) is 43.3 Å². The number of methoxy groups -OCH3 is 1. The van der Waals surface area contributed by atoms with E-state index in [1.165, 1.54) is 13.4 Å². The zero-order valence-corrected chi connectivity index (χ0v) is 12.7. The lowest BCUT2D eigenvalue weighted by atomic mass is 10.3. The Morgan fingerprint density at radius 2 is 2.00 bits per heavy atom. The molecule has 0 aliphatic rings. The molecule has 0 atom stereocenters.